The lowest BCUT2D eigenvalue weighted by atomic mass is 10.0. The molecule has 6 nitrogen and oxygen atoms in total. The molecule has 0 spiro atoms. The summed E-state index contributed by atoms with van der Waals surface area (Å²) in [6.45, 7) is 5.83. The third-order valence-corrected chi connectivity index (χ3v) is 5.49. The summed E-state index contributed by atoms with van der Waals surface area (Å²) in [6.07, 6.45) is 1.89. The molecule has 1 aromatic heterocycles. The number of carbonyl (C=O) groups is 1. The Hall–Kier alpha value is -1.60. The quantitative estimate of drug-likeness (QED) is 0.813. The molecule has 0 saturated carbocycles. The third kappa shape index (κ3) is 4.87. The maximum Gasteiger partial charge on any atom is 0.236 e. The van der Waals surface area contributed by atoms with Gasteiger partial charge in [0.2, 0.25) is 5.91 Å². The minimum absolute atomic E-state index is 0. The second kappa shape index (κ2) is 10.3. The second-order valence-electron chi connectivity index (χ2n) is 7.17. The molecule has 4 rings (SSSR count). The first kappa shape index (κ1) is 22.7. The number of halogens is 2. The minimum atomic E-state index is 0. The first-order chi connectivity index (χ1) is 12.7. The van der Waals surface area contributed by atoms with E-state index in [1.54, 1.807) is 0 Å². The van der Waals surface area contributed by atoms with Gasteiger partial charge in [0.05, 0.1) is 12.2 Å². The van der Waals surface area contributed by atoms with Gasteiger partial charge in [0.1, 0.15) is 0 Å². The monoisotopic (exact) mass is 425 g/mol. The molecule has 1 fully saturated rings. The number of benzene rings is 1. The standard InChI is InChI=1S/C20H27N5O.2ClH/c1-23-18-8-12-24(15-19(26)25-13-9-21-10-14-25)11-7-17(18)20(22-23)16-5-3-2-4-6-16;;/h2-6,21H,7-15H2,1H3;2*1H. The Labute approximate surface area is 179 Å². The summed E-state index contributed by atoms with van der Waals surface area (Å²) in [5.74, 6) is 0.263. The SMILES string of the molecule is Cl.Cl.Cn1nc(-c2ccccc2)c2c1CCN(CC(=O)N1CCNCC1)CC2. The van der Waals surface area contributed by atoms with Crippen LogP contribution in [0.3, 0.4) is 0 Å². The molecule has 0 atom stereocenters. The van der Waals surface area contributed by atoms with Gasteiger partial charge < -0.3 is 10.2 Å². The van der Waals surface area contributed by atoms with Crippen LogP contribution in [0.15, 0.2) is 30.3 Å². The summed E-state index contributed by atoms with van der Waals surface area (Å²) >= 11 is 0. The van der Waals surface area contributed by atoms with Gasteiger partial charge in [0, 0.05) is 69.6 Å². The van der Waals surface area contributed by atoms with E-state index in [4.69, 9.17) is 5.10 Å². The van der Waals surface area contributed by atoms with E-state index in [1.807, 2.05) is 22.7 Å². The zero-order valence-corrected chi connectivity index (χ0v) is 17.9. The Kier molecular flexibility index (Phi) is 8.31. The van der Waals surface area contributed by atoms with Crippen LogP contribution in [-0.4, -0.2) is 71.3 Å². The van der Waals surface area contributed by atoms with Crippen molar-refractivity contribution in [2.75, 3.05) is 45.8 Å². The van der Waals surface area contributed by atoms with Crippen LogP contribution in [0.5, 0.6) is 0 Å². The number of aryl methyl sites for hydroxylation is 1. The van der Waals surface area contributed by atoms with Gasteiger partial charge in [-0.2, -0.15) is 5.10 Å². The molecule has 2 aliphatic heterocycles. The lowest BCUT2D eigenvalue weighted by molar-refractivity contribution is -0.133. The fraction of sp³-hybridized carbons (Fsp3) is 0.500. The van der Waals surface area contributed by atoms with E-state index in [0.29, 0.717) is 6.54 Å². The highest BCUT2D eigenvalue weighted by Crippen LogP contribution is 2.27. The summed E-state index contributed by atoms with van der Waals surface area (Å²) < 4.78 is 2.03. The van der Waals surface area contributed by atoms with Crippen LogP contribution in [0.4, 0.5) is 0 Å². The molecule has 0 aliphatic carbocycles. The molecular weight excluding hydrogens is 397 g/mol. The summed E-state index contributed by atoms with van der Waals surface area (Å²) in [5, 5.41) is 8.08. The van der Waals surface area contributed by atoms with E-state index >= 15 is 0 Å². The van der Waals surface area contributed by atoms with E-state index < -0.39 is 0 Å². The van der Waals surface area contributed by atoms with Crippen LogP contribution in [0.25, 0.3) is 11.3 Å². The van der Waals surface area contributed by atoms with Gasteiger partial charge in [-0.15, -0.1) is 24.8 Å². The number of hydrogen-bond acceptors (Lipinski definition) is 4. The number of nitrogens with one attached hydrogen (secondary N) is 1. The molecule has 28 heavy (non-hydrogen) atoms. The van der Waals surface area contributed by atoms with E-state index in [0.717, 1.165) is 57.8 Å². The van der Waals surface area contributed by atoms with Crippen LogP contribution in [-0.2, 0) is 24.7 Å². The van der Waals surface area contributed by atoms with Crippen LogP contribution < -0.4 is 5.32 Å². The number of carbonyl (C=O) groups excluding carboxylic acids is 1. The molecular formula is C20H29Cl2N5O. The molecule has 8 heteroatoms. The Morgan fingerprint density at radius 3 is 2.43 bits per heavy atom. The zero-order chi connectivity index (χ0) is 17.9. The van der Waals surface area contributed by atoms with E-state index in [9.17, 15) is 4.79 Å². The van der Waals surface area contributed by atoms with Gasteiger partial charge in [0.25, 0.3) is 0 Å². The predicted molar refractivity (Wildman–Crippen MR) is 116 cm³/mol. The Morgan fingerprint density at radius 1 is 1.04 bits per heavy atom. The molecule has 0 radical (unpaired) electrons. The van der Waals surface area contributed by atoms with Crippen molar-refractivity contribution in [3.05, 3.63) is 41.6 Å². The Bertz CT molecular complexity index is 774. The maximum atomic E-state index is 12.6. The van der Waals surface area contributed by atoms with Gasteiger partial charge in [0.15, 0.2) is 0 Å². The normalized spacial score (nSPS) is 17.1. The van der Waals surface area contributed by atoms with Crippen molar-refractivity contribution in [1.82, 2.24) is 24.9 Å². The zero-order valence-electron chi connectivity index (χ0n) is 16.3. The van der Waals surface area contributed by atoms with Crippen LogP contribution >= 0.6 is 24.8 Å². The summed E-state index contributed by atoms with van der Waals surface area (Å²) in [4.78, 5) is 16.9. The first-order valence-corrected chi connectivity index (χ1v) is 9.53. The average Bonchev–Trinajstić information content (AvgIpc) is 2.86. The van der Waals surface area contributed by atoms with Crippen LogP contribution in [0.2, 0.25) is 0 Å². The summed E-state index contributed by atoms with van der Waals surface area (Å²) in [5.41, 5.74) is 4.92. The molecule has 154 valence electrons. The lowest BCUT2D eigenvalue weighted by Crippen LogP contribution is -2.49. The number of amides is 1. The van der Waals surface area contributed by atoms with Crippen molar-refractivity contribution in [3.8, 4) is 11.3 Å². The predicted octanol–water partition coefficient (Wildman–Crippen LogP) is 1.76. The van der Waals surface area contributed by atoms with Gasteiger partial charge in [-0.05, 0) is 6.42 Å². The second-order valence-corrected chi connectivity index (χ2v) is 7.17. The lowest BCUT2D eigenvalue weighted by Gasteiger charge is -2.30. The molecule has 1 amide bonds. The number of piperazine rings is 1. The van der Waals surface area contributed by atoms with Crippen LogP contribution in [0, 0.1) is 0 Å². The number of aromatic nitrogens is 2. The van der Waals surface area contributed by atoms with Gasteiger partial charge in [-0.1, -0.05) is 30.3 Å². The molecule has 1 aromatic carbocycles. The fourth-order valence-electron chi connectivity index (χ4n) is 4.02. The molecule has 1 N–H and O–H groups in total. The highest BCUT2D eigenvalue weighted by Gasteiger charge is 2.24. The van der Waals surface area contributed by atoms with Crippen molar-refractivity contribution in [1.29, 1.82) is 0 Å². The minimum Gasteiger partial charge on any atom is -0.339 e. The highest BCUT2D eigenvalue weighted by molar-refractivity contribution is 5.85. The molecule has 0 unspecified atom stereocenters. The van der Waals surface area contributed by atoms with E-state index in [1.165, 1.54) is 16.8 Å². The van der Waals surface area contributed by atoms with E-state index in [-0.39, 0.29) is 30.7 Å². The first-order valence-electron chi connectivity index (χ1n) is 9.53. The molecule has 1 saturated heterocycles. The maximum absolute atomic E-state index is 12.6. The van der Waals surface area contributed by atoms with Crippen molar-refractivity contribution in [2.45, 2.75) is 12.8 Å². The third-order valence-electron chi connectivity index (χ3n) is 5.49. The summed E-state index contributed by atoms with van der Waals surface area (Å²) in [7, 11) is 2.03. The van der Waals surface area contributed by atoms with Crippen molar-refractivity contribution < 1.29 is 4.79 Å². The van der Waals surface area contributed by atoms with Crippen molar-refractivity contribution >= 4 is 30.7 Å². The van der Waals surface area contributed by atoms with Crippen molar-refractivity contribution in [3.63, 3.8) is 0 Å². The molecule has 2 aliphatic rings. The van der Waals surface area contributed by atoms with Gasteiger partial charge >= 0.3 is 0 Å². The molecule has 0 bridgehead atoms. The molecule has 3 heterocycles. The highest BCUT2D eigenvalue weighted by atomic mass is 35.5. The number of nitrogens with zero attached hydrogens (tertiary/aromatic N) is 4. The summed E-state index contributed by atoms with van der Waals surface area (Å²) in [6, 6.07) is 10.4. The number of fused-ring (bicyclic) bond motifs is 1. The largest absolute Gasteiger partial charge is 0.339 e. The smallest absolute Gasteiger partial charge is 0.236 e. The van der Waals surface area contributed by atoms with Crippen LogP contribution in [0.1, 0.15) is 11.3 Å². The van der Waals surface area contributed by atoms with E-state index in [2.05, 4.69) is 34.5 Å². The number of hydrogen-bond donors (Lipinski definition) is 1. The fourth-order valence-corrected chi connectivity index (χ4v) is 4.02. The Balaban J connectivity index is 0.00000140. The molecule has 2 aromatic rings. The van der Waals surface area contributed by atoms with Gasteiger partial charge in [-0.3, -0.25) is 14.4 Å². The number of rotatable bonds is 3. The van der Waals surface area contributed by atoms with Crippen molar-refractivity contribution in [2.24, 2.45) is 7.05 Å². The van der Waals surface area contributed by atoms with Gasteiger partial charge in [-0.25, -0.2) is 0 Å². The topological polar surface area (TPSA) is 53.4 Å². The average molecular weight is 426 g/mol. The Morgan fingerprint density at radius 2 is 1.71 bits per heavy atom.